The van der Waals surface area contributed by atoms with Gasteiger partial charge in [-0.3, -0.25) is 9.67 Å². The number of nitrogens with zero attached hydrogens (tertiary/aromatic N) is 4. The topological polar surface area (TPSA) is 54.7 Å². The van der Waals surface area contributed by atoms with Crippen LogP contribution in [0.1, 0.15) is 57.7 Å². The Bertz CT molecular complexity index is 496. The van der Waals surface area contributed by atoms with Gasteiger partial charge < -0.3 is 15.0 Å². The second-order valence-electron chi connectivity index (χ2n) is 6.36. The Balaban J connectivity index is 2.64. The van der Waals surface area contributed by atoms with Crippen LogP contribution < -0.4 is 5.32 Å². The molecular weight excluding hydrogens is 302 g/mol. The number of rotatable bonds is 10. The minimum Gasteiger partial charge on any atom is -0.382 e. The van der Waals surface area contributed by atoms with Crippen LogP contribution in [0.5, 0.6) is 0 Å². The lowest BCUT2D eigenvalue weighted by Crippen LogP contribution is -2.38. The third-order valence-electron chi connectivity index (χ3n) is 3.75. The first-order valence-electron chi connectivity index (χ1n) is 9.09. The maximum Gasteiger partial charge on any atom is 0.193 e. The number of aliphatic imine (C=N–C) groups is 1. The molecule has 0 spiro atoms. The van der Waals surface area contributed by atoms with E-state index < -0.39 is 0 Å². The lowest BCUT2D eigenvalue weighted by atomic mass is 10.1. The Hall–Kier alpha value is -1.56. The average molecular weight is 338 g/mol. The van der Waals surface area contributed by atoms with Crippen molar-refractivity contribution in [3.8, 4) is 0 Å². The standard InChI is InChI=1S/C18H35N5O/c1-7-19-18(20-11-9-10-12-24-8-2)22(5)13-16-14-23(6)21-17(16)15(3)4/h14-15H,7-13H2,1-6H3,(H,19,20). The molecule has 0 unspecified atom stereocenters. The van der Waals surface area contributed by atoms with Gasteiger partial charge in [0.15, 0.2) is 5.96 Å². The molecule has 0 saturated carbocycles. The highest BCUT2D eigenvalue weighted by molar-refractivity contribution is 5.79. The predicted molar refractivity (Wildman–Crippen MR) is 100 cm³/mol. The van der Waals surface area contributed by atoms with E-state index in [-0.39, 0.29) is 0 Å². The molecule has 0 aliphatic rings. The fourth-order valence-corrected chi connectivity index (χ4v) is 2.61. The zero-order valence-electron chi connectivity index (χ0n) is 16.3. The molecular formula is C18H35N5O. The summed E-state index contributed by atoms with van der Waals surface area (Å²) < 4.78 is 7.27. The summed E-state index contributed by atoms with van der Waals surface area (Å²) in [7, 11) is 4.06. The van der Waals surface area contributed by atoms with Crippen molar-refractivity contribution in [2.45, 2.75) is 53.0 Å². The Labute approximate surface area is 147 Å². The van der Waals surface area contributed by atoms with Crippen molar-refractivity contribution in [2.24, 2.45) is 12.0 Å². The van der Waals surface area contributed by atoms with E-state index in [1.165, 1.54) is 5.56 Å². The summed E-state index contributed by atoms with van der Waals surface area (Å²) in [5.74, 6) is 1.38. The average Bonchev–Trinajstić information content (AvgIpc) is 2.90. The quantitative estimate of drug-likeness (QED) is 0.405. The van der Waals surface area contributed by atoms with Crippen molar-refractivity contribution in [2.75, 3.05) is 33.4 Å². The molecule has 1 aromatic rings. The van der Waals surface area contributed by atoms with Crippen LogP contribution in [0, 0.1) is 0 Å². The second-order valence-corrected chi connectivity index (χ2v) is 6.36. The molecule has 0 aliphatic carbocycles. The highest BCUT2D eigenvalue weighted by atomic mass is 16.5. The van der Waals surface area contributed by atoms with E-state index in [2.05, 4.69) is 49.3 Å². The molecule has 1 rings (SSSR count). The van der Waals surface area contributed by atoms with Crippen molar-refractivity contribution >= 4 is 5.96 Å². The molecule has 1 heterocycles. The maximum atomic E-state index is 5.37. The predicted octanol–water partition coefficient (Wildman–Crippen LogP) is 2.76. The number of nitrogens with one attached hydrogen (secondary N) is 1. The van der Waals surface area contributed by atoms with Gasteiger partial charge in [0, 0.05) is 58.7 Å². The van der Waals surface area contributed by atoms with Crippen LogP contribution >= 0.6 is 0 Å². The van der Waals surface area contributed by atoms with Gasteiger partial charge in [0.05, 0.1) is 5.69 Å². The van der Waals surface area contributed by atoms with E-state index in [1.807, 2.05) is 18.7 Å². The van der Waals surface area contributed by atoms with Gasteiger partial charge >= 0.3 is 0 Å². The van der Waals surface area contributed by atoms with Crippen LogP contribution in [0.25, 0.3) is 0 Å². The number of hydrogen-bond donors (Lipinski definition) is 1. The van der Waals surface area contributed by atoms with Gasteiger partial charge in [0.2, 0.25) is 0 Å². The minimum atomic E-state index is 0.424. The Kier molecular flexibility index (Phi) is 9.45. The largest absolute Gasteiger partial charge is 0.382 e. The van der Waals surface area contributed by atoms with Gasteiger partial charge in [-0.1, -0.05) is 13.8 Å². The summed E-state index contributed by atoms with van der Waals surface area (Å²) in [6.07, 6.45) is 4.21. The summed E-state index contributed by atoms with van der Waals surface area (Å²) >= 11 is 0. The molecule has 0 radical (unpaired) electrons. The SMILES string of the molecule is CCNC(=NCCCCOCC)N(C)Cc1cn(C)nc1C(C)C. The number of ether oxygens (including phenoxy) is 1. The second kappa shape index (κ2) is 11.1. The van der Waals surface area contributed by atoms with E-state index in [0.29, 0.717) is 5.92 Å². The van der Waals surface area contributed by atoms with Crippen LogP contribution in [0.2, 0.25) is 0 Å². The van der Waals surface area contributed by atoms with Crippen LogP contribution in [0.15, 0.2) is 11.2 Å². The highest BCUT2D eigenvalue weighted by Crippen LogP contribution is 2.18. The summed E-state index contributed by atoms with van der Waals surface area (Å²) in [5.41, 5.74) is 2.42. The fourth-order valence-electron chi connectivity index (χ4n) is 2.61. The first-order chi connectivity index (χ1) is 11.5. The summed E-state index contributed by atoms with van der Waals surface area (Å²) in [6.45, 7) is 12.6. The number of guanidine groups is 1. The Morgan fingerprint density at radius 2 is 2.12 bits per heavy atom. The maximum absolute atomic E-state index is 5.37. The zero-order valence-corrected chi connectivity index (χ0v) is 16.3. The molecule has 0 bridgehead atoms. The van der Waals surface area contributed by atoms with Gasteiger partial charge in [0.1, 0.15) is 0 Å². The van der Waals surface area contributed by atoms with Crippen LogP contribution in [-0.2, 0) is 18.3 Å². The number of unbranched alkanes of at least 4 members (excludes halogenated alkanes) is 1. The molecule has 0 amide bonds. The third-order valence-corrected chi connectivity index (χ3v) is 3.75. The summed E-state index contributed by atoms with van der Waals surface area (Å²) in [6, 6.07) is 0. The van der Waals surface area contributed by atoms with E-state index in [0.717, 1.165) is 57.3 Å². The highest BCUT2D eigenvalue weighted by Gasteiger charge is 2.14. The molecule has 0 saturated heterocycles. The van der Waals surface area contributed by atoms with Gasteiger partial charge in [0.25, 0.3) is 0 Å². The lowest BCUT2D eigenvalue weighted by Gasteiger charge is -2.22. The van der Waals surface area contributed by atoms with Crippen molar-refractivity contribution in [3.05, 3.63) is 17.5 Å². The molecule has 0 aliphatic heterocycles. The van der Waals surface area contributed by atoms with Crippen LogP contribution in [0.3, 0.4) is 0 Å². The Morgan fingerprint density at radius 3 is 2.75 bits per heavy atom. The normalized spacial score (nSPS) is 12.0. The summed E-state index contributed by atoms with van der Waals surface area (Å²) in [5, 5.41) is 7.97. The van der Waals surface area contributed by atoms with E-state index >= 15 is 0 Å². The van der Waals surface area contributed by atoms with Gasteiger partial charge in [-0.2, -0.15) is 5.10 Å². The van der Waals surface area contributed by atoms with Crippen molar-refractivity contribution in [3.63, 3.8) is 0 Å². The molecule has 1 aromatic heterocycles. The first-order valence-corrected chi connectivity index (χ1v) is 9.09. The number of hydrogen-bond acceptors (Lipinski definition) is 3. The van der Waals surface area contributed by atoms with E-state index in [9.17, 15) is 0 Å². The molecule has 0 atom stereocenters. The molecule has 24 heavy (non-hydrogen) atoms. The van der Waals surface area contributed by atoms with Crippen molar-refractivity contribution in [1.29, 1.82) is 0 Å². The van der Waals surface area contributed by atoms with Gasteiger partial charge in [-0.15, -0.1) is 0 Å². The Morgan fingerprint density at radius 1 is 1.38 bits per heavy atom. The molecule has 0 aromatic carbocycles. The molecule has 138 valence electrons. The smallest absolute Gasteiger partial charge is 0.193 e. The fraction of sp³-hybridized carbons (Fsp3) is 0.778. The lowest BCUT2D eigenvalue weighted by molar-refractivity contribution is 0.144. The third kappa shape index (κ3) is 6.91. The van der Waals surface area contributed by atoms with Gasteiger partial charge in [-0.25, -0.2) is 0 Å². The van der Waals surface area contributed by atoms with E-state index in [4.69, 9.17) is 9.73 Å². The van der Waals surface area contributed by atoms with E-state index in [1.54, 1.807) is 0 Å². The van der Waals surface area contributed by atoms with Crippen LogP contribution in [0.4, 0.5) is 0 Å². The van der Waals surface area contributed by atoms with Gasteiger partial charge in [-0.05, 0) is 32.6 Å². The van der Waals surface area contributed by atoms with Crippen molar-refractivity contribution < 1.29 is 4.74 Å². The van der Waals surface area contributed by atoms with Crippen molar-refractivity contribution in [1.82, 2.24) is 20.0 Å². The monoisotopic (exact) mass is 337 g/mol. The molecule has 6 heteroatoms. The number of aromatic nitrogens is 2. The molecule has 0 fully saturated rings. The molecule has 6 nitrogen and oxygen atoms in total. The number of aryl methyl sites for hydroxylation is 1. The molecule has 1 N–H and O–H groups in total. The zero-order chi connectivity index (χ0) is 17.9. The first kappa shape index (κ1) is 20.5. The summed E-state index contributed by atoms with van der Waals surface area (Å²) in [4.78, 5) is 6.91. The minimum absolute atomic E-state index is 0.424. The van der Waals surface area contributed by atoms with Crippen LogP contribution in [-0.4, -0.2) is 54.0 Å².